The summed E-state index contributed by atoms with van der Waals surface area (Å²) >= 11 is 1.43. The van der Waals surface area contributed by atoms with E-state index in [1.807, 2.05) is 42.7 Å². The molecule has 6 nitrogen and oxygen atoms in total. The summed E-state index contributed by atoms with van der Waals surface area (Å²) in [5.74, 6) is 1.50. The van der Waals surface area contributed by atoms with Crippen LogP contribution in [0, 0.1) is 12.7 Å². The molecule has 4 aromatic rings. The van der Waals surface area contributed by atoms with Crippen LogP contribution < -0.4 is 10.2 Å². The SMILES string of the molecule is CCn1c(COc2cccc(C)c2)nnc1SCc1cc(=O)c2cccc(F)c2[nH]1. The van der Waals surface area contributed by atoms with E-state index in [0.717, 1.165) is 22.3 Å². The number of benzene rings is 2. The van der Waals surface area contributed by atoms with Gasteiger partial charge in [0.1, 0.15) is 18.2 Å². The fourth-order valence-electron chi connectivity index (χ4n) is 3.21. The van der Waals surface area contributed by atoms with Crippen LogP contribution in [0.5, 0.6) is 5.75 Å². The Balaban J connectivity index is 1.49. The Morgan fingerprint density at radius 1 is 1.17 bits per heavy atom. The number of hydrogen-bond acceptors (Lipinski definition) is 5. The van der Waals surface area contributed by atoms with Crippen LogP contribution in [0.25, 0.3) is 10.9 Å². The fourth-order valence-corrected chi connectivity index (χ4v) is 4.14. The first-order valence-electron chi connectivity index (χ1n) is 9.60. The Labute approximate surface area is 177 Å². The van der Waals surface area contributed by atoms with E-state index < -0.39 is 5.82 Å². The number of aromatic amines is 1. The Morgan fingerprint density at radius 2 is 2.00 bits per heavy atom. The number of thioether (sulfide) groups is 1. The molecule has 8 heteroatoms. The molecule has 4 rings (SSSR count). The Bertz CT molecular complexity index is 1250. The summed E-state index contributed by atoms with van der Waals surface area (Å²) in [6, 6.07) is 13.8. The van der Waals surface area contributed by atoms with E-state index in [-0.39, 0.29) is 10.9 Å². The number of aryl methyl sites for hydroxylation is 1. The zero-order valence-electron chi connectivity index (χ0n) is 16.7. The van der Waals surface area contributed by atoms with Crippen LogP contribution in [0.4, 0.5) is 4.39 Å². The lowest BCUT2D eigenvalue weighted by Crippen LogP contribution is -2.08. The van der Waals surface area contributed by atoms with E-state index in [1.165, 1.54) is 30.0 Å². The van der Waals surface area contributed by atoms with Gasteiger partial charge in [-0.2, -0.15) is 0 Å². The minimum Gasteiger partial charge on any atom is -0.486 e. The summed E-state index contributed by atoms with van der Waals surface area (Å²) in [5.41, 5.74) is 1.78. The number of nitrogens with one attached hydrogen (secondary N) is 1. The molecule has 2 heterocycles. The first-order valence-corrected chi connectivity index (χ1v) is 10.6. The molecule has 2 aromatic heterocycles. The van der Waals surface area contributed by atoms with E-state index in [0.29, 0.717) is 30.0 Å². The molecule has 30 heavy (non-hydrogen) atoms. The van der Waals surface area contributed by atoms with Gasteiger partial charge in [0, 0.05) is 29.4 Å². The molecule has 154 valence electrons. The number of ether oxygens (including phenoxy) is 1. The number of aromatic nitrogens is 4. The lowest BCUT2D eigenvalue weighted by Gasteiger charge is -2.09. The number of para-hydroxylation sites is 1. The molecule has 0 aliphatic heterocycles. The smallest absolute Gasteiger partial charge is 0.191 e. The fraction of sp³-hybridized carbons (Fsp3) is 0.227. The maximum atomic E-state index is 14.1. The summed E-state index contributed by atoms with van der Waals surface area (Å²) in [6.45, 7) is 5.02. The number of hydrogen-bond donors (Lipinski definition) is 1. The number of halogens is 1. The second-order valence-electron chi connectivity index (χ2n) is 6.86. The molecule has 0 saturated carbocycles. The maximum absolute atomic E-state index is 14.1. The van der Waals surface area contributed by atoms with Gasteiger partial charge in [-0.25, -0.2) is 4.39 Å². The van der Waals surface area contributed by atoms with Crippen molar-refractivity contribution < 1.29 is 9.13 Å². The number of H-pyrrole nitrogens is 1. The molecular weight excluding hydrogens is 403 g/mol. The molecule has 0 amide bonds. The van der Waals surface area contributed by atoms with E-state index in [2.05, 4.69) is 15.2 Å². The van der Waals surface area contributed by atoms with E-state index in [9.17, 15) is 9.18 Å². The van der Waals surface area contributed by atoms with E-state index in [1.54, 1.807) is 6.07 Å². The van der Waals surface area contributed by atoms with Crippen molar-refractivity contribution in [2.45, 2.75) is 37.9 Å². The van der Waals surface area contributed by atoms with Crippen molar-refractivity contribution in [2.75, 3.05) is 0 Å². The summed E-state index contributed by atoms with van der Waals surface area (Å²) in [6.07, 6.45) is 0. The molecule has 0 bridgehead atoms. The highest BCUT2D eigenvalue weighted by atomic mass is 32.2. The lowest BCUT2D eigenvalue weighted by atomic mass is 10.2. The van der Waals surface area contributed by atoms with Gasteiger partial charge < -0.3 is 14.3 Å². The third-order valence-electron chi connectivity index (χ3n) is 4.69. The van der Waals surface area contributed by atoms with Crippen LogP contribution in [0.15, 0.2) is 58.5 Å². The molecule has 0 radical (unpaired) electrons. The van der Waals surface area contributed by atoms with Gasteiger partial charge in [0.25, 0.3) is 0 Å². The number of fused-ring (bicyclic) bond motifs is 1. The third-order valence-corrected chi connectivity index (χ3v) is 5.71. The zero-order valence-corrected chi connectivity index (χ0v) is 17.5. The van der Waals surface area contributed by atoms with Crippen molar-refractivity contribution in [1.29, 1.82) is 0 Å². The number of rotatable bonds is 7. The molecule has 0 fully saturated rings. The van der Waals surface area contributed by atoms with Crippen LogP contribution in [-0.2, 0) is 18.9 Å². The van der Waals surface area contributed by atoms with Crippen LogP contribution in [0.3, 0.4) is 0 Å². The van der Waals surface area contributed by atoms with Crippen LogP contribution in [0.2, 0.25) is 0 Å². The van der Waals surface area contributed by atoms with Crippen LogP contribution in [-0.4, -0.2) is 19.7 Å². The highest BCUT2D eigenvalue weighted by Gasteiger charge is 2.13. The van der Waals surface area contributed by atoms with Gasteiger partial charge in [0.05, 0.1) is 5.52 Å². The average Bonchev–Trinajstić information content (AvgIpc) is 3.13. The Kier molecular flexibility index (Phi) is 5.85. The number of nitrogens with zero attached hydrogens (tertiary/aromatic N) is 3. The van der Waals surface area contributed by atoms with Gasteiger partial charge in [-0.3, -0.25) is 4.79 Å². The highest BCUT2D eigenvalue weighted by molar-refractivity contribution is 7.98. The van der Waals surface area contributed by atoms with E-state index >= 15 is 0 Å². The minimum atomic E-state index is -0.441. The van der Waals surface area contributed by atoms with Crippen molar-refractivity contribution >= 4 is 22.7 Å². The largest absolute Gasteiger partial charge is 0.486 e. The van der Waals surface area contributed by atoms with Gasteiger partial charge in [0.2, 0.25) is 0 Å². The minimum absolute atomic E-state index is 0.206. The first kappa shape index (κ1) is 20.2. The summed E-state index contributed by atoms with van der Waals surface area (Å²) in [7, 11) is 0. The van der Waals surface area contributed by atoms with E-state index in [4.69, 9.17) is 4.74 Å². The molecular formula is C22H21FN4O2S. The predicted molar refractivity (Wildman–Crippen MR) is 115 cm³/mol. The Morgan fingerprint density at radius 3 is 2.80 bits per heavy atom. The van der Waals surface area contributed by atoms with Crippen molar-refractivity contribution in [2.24, 2.45) is 0 Å². The molecule has 2 aromatic carbocycles. The monoisotopic (exact) mass is 424 g/mol. The van der Waals surface area contributed by atoms with Gasteiger partial charge in [-0.05, 0) is 43.7 Å². The molecule has 0 aliphatic rings. The first-order chi connectivity index (χ1) is 14.5. The second kappa shape index (κ2) is 8.71. The molecule has 0 atom stereocenters. The maximum Gasteiger partial charge on any atom is 0.191 e. The second-order valence-corrected chi connectivity index (χ2v) is 7.80. The molecule has 0 spiro atoms. The predicted octanol–water partition coefficient (Wildman–Crippen LogP) is 4.46. The van der Waals surface area contributed by atoms with Crippen molar-refractivity contribution in [3.05, 3.63) is 81.7 Å². The normalized spacial score (nSPS) is 11.2. The van der Waals surface area contributed by atoms with Gasteiger partial charge >= 0.3 is 0 Å². The number of pyridine rings is 1. The van der Waals surface area contributed by atoms with Crippen LogP contribution >= 0.6 is 11.8 Å². The molecule has 0 aliphatic carbocycles. The molecule has 0 saturated heterocycles. The quantitative estimate of drug-likeness (QED) is 0.444. The summed E-state index contributed by atoms with van der Waals surface area (Å²) in [4.78, 5) is 15.3. The highest BCUT2D eigenvalue weighted by Crippen LogP contribution is 2.23. The summed E-state index contributed by atoms with van der Waals surface area (Å²) in [5, 5.41) is 9.58. The lowest BCUT2D eigenvalue weighted by molar-refractivity contribution is 0.288. The van der Waals surface area contributed by atoms with Gasteiger partial charge in [-0.1, -0.05) is 30.0 Å². The van der Waals surface area contributed by atoms with Crippen LogP contribution in [0.1, 0.15) is 24.0 Å². The molecule has 1 N–H and O–H groups in total. The van der Waals surface area contributed by atoms with Crippen molar-refractivity contribution in [3.8, 4) is 5.75 Å². The average molecular weight is 425 g/mol. The third kappa shape index (κ3) is 4.23. The molecule has 0 unspecified atom stereocenters. The van der Waals surface area contributed by atoms with Crippen molar-refractivity contribution in [3.63, 3.8) is 0 Å². The Hall–Kier alpha value is -3.13. The van der Waals surface area contributed by atoms with Crippen molar-refractivity contribution in [1.82, 2.24) is 19.7 Å². The summed E-state index contributed by atoms with van der Waals surface area (Å²) < 4.78 is 21.9. The topological polar surface area (TPSA) is 72.8 Å². The standard InChI is InChI=1S/C22H21FN4O2S/c1-3-27-20(12-29-16-7-4-6-14(2)10-16)25-26-22(27)30-13-15-11-19(28)17-8-5-9-18(23)21(17)24-15/h4-11H,3,12-13H2,1-2H3,(H,24,28). The van der Waals surface area contributed by atoms with Gasteiger partial charge in [-0.15, -0.1) is 10.2 Å². The zero-order chi connectivity index (χ0) is 21.1. The van der Waals surface area contributed by atoms with Gasteiger partial charge in [0.15, 0.2) is 16.4 Å².